The van der Waals surface area contributed by atoms with Crippen LogP contribution in [-0.2, 0) is 4.79 Å². The third kappa shape index (κ3) is 6.02. The minimum Gasteiger partial charge on any atom is -0.330 e. The van der Waals surface area contributed by atoms with Crippen molar-refractivity contribution in [1.29, 1.82) is 0 Å². The molecule has 0 aliphatic heterocycles. The summed E-state index contributed by atoms with van der Waals surface area (Å²) in [6.07, 6.45) is 1.23. The van der Waals surface area contributed by atoms with Gasteiger partial charge in [0.25, 0.3) is 5.76 Å². The van der Waals surface area contributed by atoms with Crippen molar-refractivity contribution in [3.8, 4) is 0 Å². The van der Waals surface area contributed by atoms with Gasteiger partial charge in [0.05, 0.1) is 0 Å². The highest BCUT2D eigenvalue weighted by atomic mass is 32.2. The summed E-state index contributed by atoms with van der Waals surface area (Å²) in [4.78, 5) is 12.2. The Bertz CT molecular complexity index is 394. The predicted molar refractivity (Wildman–Crippen MR) is 74.4 cm³/mol. The van der Waals surface area contributed by atoms with Gasteiger partial charge < -0.3 is 11.1 Å². The maximum atomic E-state index is 12.1. The average Bonchev–Trinajstić information content (AvgIpc) is 2.37. The van der Waals surface area contributed by atoms with E-state index in [-0.39, 0.29) is 11.8 Å². The van der Waals surface area contributed by atoms with Gasteiger partial charge in [-0.05, 0) is 36.7 Å². The Morgan fingerprint density at radius 1 is 1.37 bits per heavy atom. The molecule has 1 aromatic carbocycles. The van der Waals surface area contributed by atoms with Crippen LogP contribution in [0.25, 0.3) is 0 Å². The predicted octanol–water partition coefficient (Wildman–Crippen LogP) is 3.31. The number of hydrogen-bond acceptors (Lipinski definition) is 3. The molecule has 1 rings (SSSR count). The third-order valence-corrected chi connectivity index (χ3v) is 3.47. The van der Waals surface area contributed by atoms with Gasteiger partial charge in [-0.3, -0.25) is 4.79 Å². The lowest BCUT2D eigenvalue weighted by atomic mass is 10.0. The molecule has 1 atom stereocenters. The number of halogens is 2. The first-order valence-corrected chi connectivity index (χ1v) is 6.98. The highest BCUT2D eigenvalue weighted by Gasteiger charge is 2.11. The van der Waals surface area contributed by atoms with Gasteiger partial charge in [-0.15, -0.1) is 0 Å². The Hall–Kier alpha value is -1.14. The van der Waals surface area contributed by atoms with Crippen LogP contribution in [0.2, 0.25) is 0 Å². The molecule has 3 nitrogen and oxygen atoms in total. The van der Waals surface area contributed by atoms with Crippen molar-refractivity contribution in [3.63, 3.8) is 0 Å². The molecule has 1 aromatic rings. The van der Waals surface area contributed by atoms with Crippen molar-refractivity contribution in [3.05, 3.63) is 24.3 Å². The molecule has 3 N–H and O–H groups in total. The van der Waals surface area contributed by atoms with E-state index in [0.717, 1.165) is 6.42 Å². The number of rotatable bonds is 7. The minimum absolute atomic E-state index is 0.105. The molecule has 0 radical (unpaired) electrons. The van der Waals surface area contributed by atoms with E-state index in [1.807, 2.05) is 6.92 Å². The van der Waals surface area contributed by atoms with Crippen molar-refractivity contribution in [2.45, 2.75) is 30.4 Å². The molecule has 0 aliphatic rings. The zero-order chi connectivity index (χ0) is 14.3. The van der Waals surface area contributed by atoms with Crippen molar-refractivity contribution in [1.82, 2.24) is 0 Å². The number of hydrogen-bond donors (Lipinski definition) is 2. The number of thioether (sulfide) groups is 1. The number of nitrogens with one attached hydrogen (secondary N) is 1. The summed E-state index contributed by atoms with van der Waals surface area (Å²) in [5.41, 5.74) is 6.14. The molecule has 0 spiro atoms. The molecule has 0 heterocycles. The summed E-state index contributed by atoms with van der Waals surface area (Å²) in [5, 5.41) is 2.73. The van der Waals surface area contributed by atoms with Crippen LogP contribution >= 0.6 is 11.8 Å². The third-order valence-electron chi connectivity index (χ3n) is 2.75. The lowest BCUT2D eigenvalue weighted by Gasteiger charge is -2.12. The van der Waals surface area contributed by atoms with Crippen molar-refractivity contribution >= 4 is 23.4 Å². The largest absolute Gasteiger partial charge is 0.330 e. The molecular weight excluding hydrogens is 270 g/mol. The topological polar surface area (TPSA) is 55.1 Å². The Labute approximate surface area is 115 Å². The van der Waals surface area contributed by atoms with E-state index in [4.69, 9.17) is 5.73 Å². The van der Waals surface area contributed by atoms with Crippen LogP contribution in [0.15, 0.2) is 29.2 Å². The van der Waals surface area contributed by atoms with E-state index in [1.54, 1.807) is 24.3 Å². The summed E-state index contributed by atoms with van der Waals surface area (Å²) in [6, 6.07) is 6.36. The van der Waals surface area contributed by atoms with E-state index in [0.29, 0.717) is 35.3 Å². The van der Waals surface area contributed by atoms with Crippen LogP contribution in [0.4, 0.5) is 14.5 Å². The first kappa shape index (κ1) is 15.9. The first-order valence-electron chi connectivity index (χ1n) is 6.10. The molecule has 6 heteroatoms. The number of anilines is 1. The van der Waals surface area contributed by atoms with E-state index in [9.17, 15) is 13.6 Å². The second kappa shape index (κ2) is 8.12. The van der Waals surface area contributed by atoms with Gasteiger partial charge in [-0.25, -0.2) is 0 Å². The normalized spacial score (nSPS) is 12.5. The number of alkyl halides is 2. The van der Waals surface area contributed by atoms with E-state index in [1.165, 1.54) is 0 Å². The Morgan fingerprint density at radius 3 is 2.47 bits per heavy atom. The van der Waals surface area contributed by atoms with Gasteiger partial charge in [-0.1, -0.05) is 25.1 Å². The average molecular weight is 288 g/mol. The minimum atomic E-state index is -2.43. The summed E-state index contributed by atoms with van der Waals surface area (Å²) < 4.78 is 24.3. The second-order valence-electron chi connectivity index (χ2n) is 4.17. The van der Waals surface area contributed by atoms with Crippen LogP contribution in [0.1, 0.15) is 19.8 Å². The van der Waals surface area contributed by atoms with Crippen molar-refractivity contribution in [2.24, 2.45) is 11.7 Å². The highest BCUT2D eigenvalue weighted by Crippen LogP contribution is 2.26. The molecule has 0 bridgehead atoms. The molecule has 19 heavy (non-hydrogen) atoms. The highest BCUT2D eigenvalue weighted by molar-refractivity contribution is 7.99. The molecule has 106 valence electrons. The number of nitrogens with two attached hydrogens (primary N) is 1. The zero-order valence-corrected chi connectivity index (χ0v) is 11.6. The smallest absolute Gasteiger partial charge is 0.288 e. The fourth-order valence-electron chi connectivity index (χ4n) is 1.59. The number of carbonyl (C=O) groups excluding carboxylic acids is 1. The number of amides is 1. The molecular formula is C13H18F2N2OS. The van der Waals surface area contributed by atoms with Gasteiger partial charge in [-0.2, -0.15) is 8.78 Å². The van der Waals surface area contributed by atoms with Crippen molar-refractivity contribution < 1.29 is 13.6 Å². The fraction of sp³-hybridized carbons (Fsp3) is 0.462. The molecule has 0 aromatic heterocycles. The number of carbonyl (C=O) groups is 1. The summed E-state index contributed by atoms with van der Waals surface area (Å²) in [5.74, 6) is -2.37. The van der Waals surface area contributed by atoms with Gasteiger partial charge in [0.15, 0.2) is 0 Å². The van der Waals surface area contributed by atoms with E-state index >= 15 is 0 Å². The van der Waals surface area contributed by atoms with Crippen molar-refractivity contribution in [2.75, 3.05) is 11.9 Å². The summed E-state index contributed by atoms with van der Waals surface area (Å²) in [7, 11) is 0. The maximum absolute atomic E-state index is 12.1. The standard InChI is InChI=1S/C13H18F2N2OS/c1-2-9(8-16)7-12(18)17-10-3-5-11(6-4-10)19-13(14)15/h3-6,9,13H,2,7-8,16H2,1H3,(H,17,18). The van der Waals surface area contributed by atoms with Gasteiger partial charge >= 0.3 is 0 Å². The number of benzene rings is 1. The molecule has 1 unspecified atom stereocenters. The lowest BCUT2D eigenvalue weighted by molar-refractivity contribution is -0.117. The van der Waals surface area contributed by atoms with Gasteiger partial charge in [0.1, 0.15) is 0 Å². The fourth-order valence-corrected chi connectivity index (χ4v) is 2.09. The monoisotopic (exact) mass is 288 g/mol. The van der Waals surface area contributed by atoms with Gasteiger partial charge in [0, 0.05) is 17.0 Å². The Kier molecular flexibility index (Phi) is 6.80. The van der Waals surface area contributed by atoms with Crippen LogP contribution in [0.5, 0.6) is 0 Å². The molecule has 0 saturated heterocycles. The van der Waals surface area contributed by atoms with Crippen LogP contribution in [-0.4, -0.2) is 18.2 Å². The van der Waals surface area contributed by atoms with E-state index < -0.39 is 5.76 Å². The first-order chi connectivity index (χ1) is 9.05. The molecule has 1 amide bonds. The molecule has 0 fully saturated rings. The summed E-state index contributed by atoms with van der Waals surface area (Å²) in [6.45, 7) is 2.47. The van der Waals surface area contributed by atoms with Crippen LogP contribution in [0, 0.1) is 5.92 Å². The zero-order valence-electron chi connectivity index (χ0n) is 10.7. The van der Waals surface area contributed by atoms with Gasteiger partial charge in [0.2, 0.25) is 5.91 Å². The lowest BCUT2D eigenvalue weighted by Crippen LogP contribution is -2.21. The van der Waals surface area contributed by atoms with Crippen LogP contribution < -0.4 is 11.1 Å². The quantitative estimate of drug-likeness (QED) is 0.757. The second-order valence-corrected chi connectivity index (χ2v) is 5.23. The van der Waals surface area contributed by atoms with Crippen LogP contribution in [0.3, 0.4) is 0 Å². The Balaban J connectivity index is 2.50. The van der Waals surface area contributed by atoms with E-state index in [2.05, 4.69) is 5.32 Å². The molecule has 0 saturated carbocycles. The maximum Gasteiger partial charge on any atom is 0.288 e. The summed E-state index contributed by atoms with van der Waals surface area (Å²) >= 11 is 0.481. The SMILES string of the molecule is CCC(CN)CC(=O)Nc1ccc(SC(F)F)cc1. The Morgan fingerprint density at radius 2 is 2.00 bits per heavy atom. The molecule has 0 aliphatic carbocycles.